The molecule has 0 amide bonds. The number of benzene rings is 1. The van der Waals surface area contributed by atoms with Gasteiger partial charge in [-0.2, -0.15) is 0 Å². The highest BCUT2D eigenvalue weighted by Crippen LogP contribution is 2.39. The molecule has 118 valence electrons. The molecule has 1 N–H and O–H groups in total. The molecule has 1 aromatic carbocycles. The fraction of sp³-hybridized carbons (Fsp3) is 0.600. The highest BCUT2D eigenvalue weighted by molar-refractivity contribution is 5.55. The summed E-state index contributed by atoms with van der Waals surface area (Å²) in [5.74, 6) is 2.04. The Hall–Kier alpha value is -1.50. The second-order valence-corrected chi connectivity index (χ2v) is 5.12. The number of methoxy groups -OCH3 is 3. The zero-order valence-electron chi connectivity index (χ0n) is 13.3. The minimum atomic E-state index is 0.637. The quantitative estimate of drug-likeness (QED) is 0.843. The normalized spacial score (nSPS) is 16.8. The Morgan fingerprint density at radius 2 is 1.62 bits per heavy atom. The minimum absolute atomic E-state index is 0.637. The van der Waals surface area contributed by atoms with Crippen LogP contribution in [0.2, 0.25) is 0 Å². The van der Waals surface area contributed by atoms with Gasteiger partial charge in [0.25, 0.3) is 0 Å². The fourth-order valence-corrected chi connectivity index (χ4v) is 2.46. The van der Waals surface area contributed by atoms with Crippen LogP contribution in [0.3, 0.4) is 0 Å². The zero-order chi connectivity index (χ0) is 15.2. The van der Waals surface area contributed by atoms with Crippen LogP contribution in [0.5, 0.6) is 17.2 Å². The van der Waals surface area contributed by atoms with Crippen molar-refractivity contribution in [2.24, 2.45) is 0 Å². The van der Waals surface area contributed by atoms with E-state index in [9.17, 15) is 0 Å². The summed E-state index contributed by atoms with van der Waals surface area (Å²) >= 11 is 0. The average molecular weight is 295 g/mol. The molecule has 1 aliphatic rings. The summed E-state index contributed by atoms with van der Waals surface area (Å²) in [4.78, 5) is 2.33. The number of likely N-dealkylation sites (N-methyl/N-ethyl adjacent to an activating group) is 1. The zero-order valence-corrected chi connectivity index (χ0v) is 13.3. The molecule has 1 fully saturated rings. The molecule has 0 aromatic heterocycles. The molecule has 0 bridgehead atoms. The van der Waals surface area contributed by atoms with Gasteiger partial charge in [0.05, 0.1) is 21.3 Å². The van der Waals surface area contributed by atoms with E-state index in [-0.39, 0.29) is 0 Å². The van der Waals surface area contributed by atoms with Crippen molar-refractivity contribution >= 4 is 0 Å². The van der Waals surface area contributed by atoms with E-state index in [0.29, 0.717) is 18.0 Å². The minimum Gasteiger partial charge on any atom is -0.493 e. The molecule has 0 unspecified atom stereocenters. The van der Waals surface area contributed by atoms with Crippen molar-refractivity contribution in [3.8, 4) is 17.2 Å². The van der Waals surface area contributed by atoms with Gasteiger partial charge in [-0.25, -0.2) is 5.01 Å². The van der Waals surface area contributed by atoms with Crippen molar-refractivity contribution in [1.82, 2.24) is 15.3 Å². The van der Waals surface area contributed by atoms with Crippen LogP contribution in [0.25, 0.3) is 0 Å². The predicted molar refractivity (Wildman–Crippen MR) is 82.0 cm³/mol. The van der Waals surface area contributed by atoms with E-state index in [2.05, 4.69) is 22.4 Å². The van der Waals surface area contributed by atoms with Crippen molar-refractivity contribution in [2.75, 3.05) is 54.6 Å². The molecule has 6 nitrogen and oxygen atoms in total. The molecule has 21 heavy (non-hydrogen) atoms. The number of hydrazine groups is 1. The third-order valence-electron chi connectivity index (χ3n) is 3.78. The Morgan fingerprint density at radius 3 is 2.19 bits per heavy atom. The maximum atomic E-state index is 5.50. The van der Waals surface area contributed by atoms with Crippen LogP contribution in [0.15, 0.2) is 12.1 Å². The molecule has 0 saturated carbocycles. The Balaban J connectivity index is 2.05. The topological polar surface area (TPSA) is 46.2 Å². The fourth-order valence-electron chi connectivity index (χ4n) is 2.46. The van der Waals surface area contributed by atoms with Gasteiger partial charge in [0.15, 0.2) is 11.5 Å². The second-order valence-electron chi connectivity index (χ2n) is 5.12. The maximum absolute atomic E-state index is 5.50. The average Bonchev–Trinajstić information content (AvgIpc) is 2.53. The van der Waals surface area contributed by atoms with E-state index < -0.39 is 0 Å². The number of hydrogen-bond acceptors (Lipinski definition) is 6. The standard InChI is InChI=1S/C15H25N3O3/c1-17-7-9-18(10-8-17)16-11-12-5-6-13(19-2)15(21-4)14(12)20-3/h5-6,16H,7-11H2,1-4H3. The summed E-state index contributed by atoms with van der Waals surface area (Å²) in [6.45, 7) is 4.90. The first-order chi connectivity index (χ1) is 10.2. The Labute approximate surface area is 126 Å². The lowest BCUT2D eigenvalue weighted by Gasteiger charge is -2.32. The lowest BCUT2D eigenvalue weighted by Crippen LogP contribution is -2.50. The van der Waals surface area contributed by atoms with Gasteiger partial charge >= 0.3 is 0 Å². The molecule has 1 saturated heterocycles. The summed E-state index contributed by atoms with van der Waals surface area (Å²) in [6.07, 6.45) is 0. The van der Waals surface area contributed by atoms with Crippen LogP contribution in [-0.2, 0) is 6.54 Å². The number of nitrogens with one attached hydrogen (secondary N) is 1. The van der Waals surface area contributed by atoms with Gasteiger partial charge in [0, 0.05) is 38.3 Å². The molecule has 0 radical (unpaired) electrons. The van der Waals surface area contributed by atoms with Gasteiger partial charge in [0.1, 0.15) is 0 Å². The van der Waals surface area contributed by atoms with Crippen molar-refractivity contribution in [3.63, 3.8) is 0 Å². The Kier molecular flexibility index (Phi) is 5.67. The van der Waals surface area contributed by atoms with Crippen molar-refractivity contribution < 1.29 is 14.2 Å². The molecule has 1 heterocycles. The summed E-state index contributed by atoms with van der Waals surface area (Å²) in [5, 5.41) is 2.25. The lowest BCUT2D eigenvalue weighted by molar-refractivity contribution is 0.102. The van der Waals surface area contributed by atoms with Gasteiger partial charge in [-0.3, -0.25) is 5.43 Å². The molecular formula is C15H25N3O3. The predicted octanol–water partition coefficient (Wildman–Crippen LogP) is 0.964. The summed E-state index contributed by atoms with van der Waals surface area (Å²) < 4.78 is 16.2. The van der Waals surface area contributed by atoms with Crippen LogP contribution >= 0.6 is 0 Å². The molecule has 0 spiro atoms. The van der Waals surface area contributed by atoms with Gasteiger partial charge in [0.2, 0.25) is 5.75 Å². The number of piperazine rings is 1. The van der Waals surface area contributed by atoms with Gasteiger partial charge < -0.3 is 19.1 Å². The van der Waals surface area contributed by atoms with Gasteiger partial charge in [-0.05, 0) is 13.1 Å². The first-order valence-corrected chi connectivity index (χ1v) is 7.14. The second kappa shape index (κ2) is 7.49. The van der Waals surface area contributed by atoms with Gasteiger partial charge in [-0.15, -0.1) is 0 Å². The number of hydrogen-bond donors (Lipinski definition) is 1. The molecule has 2 rings (SSSR count). The molecule has 6 heteroatoms. The third kappa shape index (κ3) is 3.78. The maximum Gasteiger partial charge on any atom is 0.203 e. The monoisotopic (exact) mass is 295 g/mol. The van der Waals surface area contributed by atoms with E-state index in [1.54, 1.807) is 21.3 Å². The summed E-state index contributed by atoms with van der Waals surface area (Å²) in [7, 11) is 7.04. The molecule has 1 aromatic rings. The first kappa shape index (κ1) is 15.9. The van der Waals surface area contributed by atoms with Crippen molar-refractivity contribution in [1.29, 1.82) is 0 Å². The lowest BCUT2D eigenvalue weighted by atomic mass is 10.1. The molecule has 0 aliphatic carbocycles. The molecule has 1 aliphatic heterocycles. The van der Waals surface area contributed by atoms with Crippen molar-refractivity contribution in [2.45, 2.75) is 6.54 Å². The van der Waals surface area contributed by atoms with E-state index in [1.165, 1.54) is 0 Å². The summed E-state index contributed by atoms with van der Waals surface area (Å²) in [5.41, 5.74) is 4.50. The first-order valence-electron chi connectivity index (χ1n) is 7.14. The van der Waals surface area contributed by atoms with Crippen LogP contribution in [-0.4, -0.2) is 64.5 Å². The number of nitrogens with zero attached hydrogens (tertiary/aromatic N) is 2. The van der Waals surface area contributed by atoms with E-state index >= 15 is 0 Å². The van der Waals surface area contributed by atoms with E-state index in [4.69, 9.17) is 14.2 Å². The molecular weight excluding hydrogens is 270 g/mol. The molecule has 0 atom stereocenters. The van der Waals surface area contributed by atoms with Gasteiger partial charge in [-0.1, -0.05) is 6.07 Å². The van der Waals surface area contributed by atoms with Crippen LogP contribution < -0.4 is 19.6 Å². The highest BCUT2D eigenvalue weighted by Gasteiger charge is 2.17. The third-order valence-corrected chi connectivity index (χ3v) is 3.78. The summed E-state index contributed by atoms with van der Waals surface area (Å²) in [6, 6.07) is 3.91. The number of ether oxygens (including phenoxy) is 3. The van der Waals surface area contributed by atoms with E-state index in [0.717, 1.165) is 37.5 Å². The SMILES string of the molecule is COc1ccc(CNN2CCN(C)CC2)c(OC)c1OC. The van der Waals surface area contributed by atoms with E-state index in [1.807, 2.05) is 12.1 Å². The number of rotatable bonds is 6. The smallest absolute Gasteiger partial charge is 0.203 e. The van der Waals surface area contributed by atoms with Crippen LogP contribution in [0.1, 0.15) is 5.56 Å². The Bertz CT molecular complexity index is 460. The van der Waals surface area contributed by atoms with Crippen molar-refractivity contribution in [3.05, 3.63) is 17.7 Å². The largest absolute Gasteiger partial charge is 0.493 e. The van der Waals surface area contributed by atoms with Crippen LogP contribution in [0, 0.1) is 0 Å². The Morgan fingerprint density at radius 1 is 0.952 bits per heavy atom. The highest BCUT2D eigenvalue weighted by atomic mass is 16.5. The van der Waals surface area contributed by atoms with Crippen LogP contribution in [0.4, 0.5) is 0 Å².